The van der Waals surface area contributed by atoms with E-state index in [-0.39, 0.29) is 11.8 Å². The summed E-state index contributed by atoms with van der Waals surface area (Å²) in [5.74, 6) is 1.45. The number of amides is 1. The fraction of sp³-hybridized carbons (Fsp3) is 0.360. The molecular weight excluding hydrogens is 390 g/mol. The summed E-state index contributed by atoms with van der Waals surface area (Å²) in [5, 5.41) is 7.60. The number of carbonyl (C=O) groups excluding carboxylic acids is 1. The number of nitrogens with one attached hydrogen (secondary N) is 1. The summed E-state index contributed by atoms with van der Waals surface area (Å²) < 4.78 is 13.4. The van der Waals surface area contributed by atoms with E-state index in [1.807, 2.05) is 41.9 Å². The molecule has 1 aliphatic rings. The van der Waals surface area contributed by atoms with Gasteiger partial charge in [0.05, 0.1) is 6.54 Å². The van der Waals surface area contributed by atoms with Crippen LogP contribution in [0.3, 0.4) is 0 Å². The number of ether oxygens (including phenoxy) is 2. The first-order chi connectivity index (χ1) is 15.1. The smallest absolute Gasteiger partial charge is 0.228 e. The van der Waals surface area contributed by atoms with Crippen molar-refractivity contribution in [2.24, 2.45) is 5.92 Å². The average Bonchev–Trinajstić information content (AvgIpc) is 3.13. The van der Waals surface area contributed by atoms with Crippen LogP contribution >= 0.6 is 0 Å². The van der Waals surface area contributed by atoms with Crippen molar-refractivity contribution in [2.45, 2.75) is 39.8 Å². The molecule has 1 aliphatic heterocycles. The molecule has 0 unspecified atom stereocenters. The van der Waals surface area contributed by atoms with Gasteiger partial charge in [-0.05, 0) is 38.3 Å². The molecule has 3 aromatic rings. The molecule has 1 saturated heterocycles. The molecule has 0 bridgehead atoms. The van der Waals surface area contributed by atoms with E-state index in [4.69, 9.17) is 9.47 Å². The molecule has 1 amide bonds. The highest BCUT2D eigenvalue weighted by Gasteiger charge is 2.22. The number of hydrogen-bond donors (Lipinski definition) is 1. The monoisotopic (exact) mass is 419 g/mol. The highest BCUT2D eigenvalue weighted by molar-refractivity contribution is 5.91. The lowest BCUT2D eigenvalue weighted by molar-refractivity contribution is -0.122. The summed E-state index contributed by atoms with van der Waals surface area (Å²) in [5.41, 5.74) is 4.34. The Morgan fingerprint density at radius 2 is 1.90 bits per heavy atom. The van der Waals surface area contributed by atoms with Gasteiger partial charge in [0.1, 0.15) is 12.4 Å². The Morgan fingerprint density at radius 1 is 1.13 bits per heavy atom. The highest BCUT2D eigenvalue weighted by atomic mass is 16.5. The molecule has 0 saturated carbocycles. The van der Waals surface area contributed by atoms with E-state index in [0.29, 0.717) is 32.2 Å². The minimum atomic E-state index is -0.00558. The van der Waals surface area contributed by atoms with Crippen molar-refractivity contribution in [1.29, 1.82) is 0 Å². The van der Waals surface area contributed by atoms with Gasteiger partial charge in [0.15, 0.2) is 5.82 Å². The van der Waals surface area contributed by atoms with Crippen LogP contribution < -0.4 is 10.1 Å². The lowest BCUT2D eigenvalue weighted by Crippen LogP contribution is -2.28. The number of aryl methyl sites for hydroxylation is 2. The molecule has 4 rings (SSSR count). The third kappa shape index (κ3) is 5.52. The molecule has 6 heteroatoms. The molecule has 2 heterocycles. The molecule has 0 spiro atoms. The van der Waals surface area contributed by atoms with E-state index in [1.54, 1.807) is 0 Å². The molecule has 1 N–H and O–H groups in total. The maximum Gasteiger partial charge on any atom is 0.228 e. The number of anilines is 1. The predicted octanol–water partition coefficient (Wildman–Crippen LogP) is 4.49. The van der Waals surface area contributed by atoms with Crippen molar-refractivity contribution in [1.82, 2.24) is 9.78 Å². The minimum Gasteiger partial charge on any atom is -0.489 e. The van der Waals surface area contributed by atoms with Crippen LogP contribution in [-0.2, 0) is 22.7 Å². The summed E-state index contributed by atoms with van der Waals surface area (Å²) in [6.07, 6.45) is 1.52. The van der Waals surface area contributed by atoms with E-state index >= 15 is 0 Å². The third-order valence-electron chi connectivity index (χ3n) is 5.60. The van der Waals surface area contributed by atoms with E-state index < -0.39 is 0 Å². The second-order valence-electron chi connectivity index (χ2n) is 8.09. The Bertz CT molecular complexity index is 1020. The predicted molar refractivity (Wildman–Crippen MR) is 120 cm³/mol. The van der Waals surface area contributed by atoms with Crippen molar-refractivity contribution < 1.29 is 14.3 Å². The van der Waals surface area contributed by atoms with Crippen LogP contribution in [0.2, 0.25) is 0 Å². The Hall–Kier alpha value is -3.12. The van der Waals surface area contributed by atoms with Gasteiger partial charge in [-0.25, -0.2) is 0 Å². The van der Waals surface area contributed by atoms with E-state index in [0.717, 1.165) is 35.4 Å². The van der Waals surface area contributed by atoms with Gasteiger partial charge in [0, 0.05) is 36.5 Å². The number of aromatic nitrogens is 2. The Kier molecular flexibility index (Phi) is 6.67. The summed E-state index contributed by atoms with van der Waals surface area (Å²) in [6, 6.07) is 18.2. The Balaban J connectivity index is 1.46. The summed E-state index contributed by atoms with van der Waals surface area (Å²) in [4.78, 5) is 12.5. The average molecular weight is 420 g/mol. The molecule has 1 aromatic heterocycles. The van der Waals surface area contributed by atoms with Crippen LogP contribution in [0.1, 0.15) is 35.2 Å². The van der Waals surface area contributed by atoms with Crippen molar-refractivity contribution >= 4 is 11.7 Å². The van der Waals surface area contributed by atoms with Crippen molar-refractivity contribution in [2.75, 3.05) is 18.5 Å². The highest BCUT2D eigenvalue weighted by Crippen LogP contribution is 2.24. The molecule has 31 heavy (non-hydrogen) atoms. The lowest BCUT2D eigenvalue weighted by atomic mass is 9.99. The molecule has 0 radical (unpaired) electrons. The molecule has 0 aliphatic carbocycles. The standard InChI is InChI=1S/C25H29N3O3/c1-18-8-9-23(31-17-20-6-4-3-5-7-20)22(14-18)16-28-19(2)15-24(27-28)26-25(29)21-10-12-30-13-11-21/h3-9,14-15,21H,10-13,16-17H2,1-2H3,(H,26,27,29). The largest absolute Gasteiger partial charge is 0.489 e. The fourth-order valence-corrected chi connectivity index (χ4v) is 3.79. The van der Waals surface area contributed by atoms with Gasteiger partial charge in [0.25, 0.3) is 0 Å². The van der Waals surface area contributed by atoms with Gasteiger partial charge in [-0.15, -0.1) is 0 Å². The van der Waals surface area contributed by atoms with Crippen LogP contribution in [0.15, 0.2) is 54.6 Å². The second-order valence-corrected chi connectivity index (χ2v) is 8.09. The van der Waals surface area contributed by atoms with Crippen molar-refractivity contribution in [3.05, 3.63) is 77.0 Å². The number of carbonyl (C=O) groups is 1. The van der Waals surface area contributed by atoms with E-state index in [1.165, 1.54) is 5.56 Å². The SMILES string of the molecule is Cc1ccc(OCc2ccccc2)c(Cn2nc(NC(=O)C3CCOCC3)cc2C)c1. The molecule has 0 atom stereocenters. The number of rotatable bonds is 7. The minimum absolute atomic E-state index is 0.00558. The first kappa shape index (κ1) is 21.1. The van der Waals surface area contributed by atoms with Crippen LogP contribution in [0.5, 0.6) is 5.75 Å². The molecule has 1 fully saturated rings. The van der Waals surface area contributed by atoms with Crippen LogP contribution in [-0.4, -0.2) is 28.9 Å². The van der Waals surface area contributed by atoms with Gasteiger partial charge in [-0.1, -0.05) is 48.0 Å². The normalized spacial score (nSPS) is 14.4. The zero-order valence-corrected chi connectivity index (χ0v) is 18.1. The number of benzene rings is 2. The summed E-state index contributed by atoms with van der Waals surface area (Å²) in [7, 11) is 0. The van der Waals surface area contributed by atoms with Gasteiger partial charge in [-0.2, -0.15) is 5.10 Å². The van der Waals surface area contributed by atoms with Crippen LogP contribution in [0.4, 0.5) is 5.82 Å². The number of hydrogen-bond acceptors (Lipinski definition) is 4. The molecular formula is C25H29N3O3. The van der Waals surface area contributed by atoms with Crippen molar-refractivity contribution in [3.63, 3.8) is 0 Å². The first-order valence-corrected chi connectivity index (χ1v) is 10.8. The lowest BCUT2D eigenvalue weighted by Gasteiger charge is -2.20. The van der Waals surface area contributed by atoms with Gasteiger partial charge in [-0.3, -0.25) is 9.48 Å². The molecule has 162 valence electrons. The zero-order valence-electron chi connectivity index (χ0n) is 18.1. The molecule has 6 nitrogen and oxygen atoms in total. The summed E-state index contributed by atoms with van der Waals surface area (Å²) in [6.45, 7) is 6.44. The Labute approximate surface area is 183 Å². The van der Waals surface area contributed by atoms with E-state index in [2.05, 4.69) is 41.6 Å². The first-order valence-electron chi connectivity index (χ1n) is 10.8. The fourth-order valence-electron chi connectivity index (χ4n) is 3.79. The van der Waals surface area contributed by atoms with Crippen LogP contribution in [0.25, 0.3) is 0 Å². The Morgan fingerprint density at radius 3 is 2.68 bits per heavy atom. The van der Waals surface area contributed by atoms with Crippen molar-refractivity contribution in [3.8, 4) is 5.75 Å². The topological polar surface area (TPSA) is 65.4 Å². The maximum absolute atomic E-state index is 12.5. The third-order valence-corrected chi connectivity index (χ3v) is 5.60. The maximum atomic E-state index is 12.5. The van der Waals surface area contributed by atoms with Gasteiger partial charge in [0.2, 0.25) is 5.91 Å². The number of nitrogens with zero attached hydrogens (tertiary/aromatic N) is 2. The van der Waals surface area contributed by atoms with Gasteiger partial charge >= 0.3 is 0 Å². The van der Waals surface area contributed by atoms with Crippen LogP contribution in [0, 0.1) is 19.8 Å². The zero-order chi connectivity index (χ0) is 21.6. The quantitative estimate of drug-likeness (QED) is 0.613. The second kappa shape index (κ2) is 9.79. The molecule has 2 aromatic carbocycles. The summed E-state index contributed by atoms with van der Waals surface area (Å²) >= 11 is 0. The van der Waals surface area contributed by atoms with E-state index in [9.17, 15) is 4.79 Å². The van der Waals surface area contributed by atoms with Gasteiger partial charge < -0.3 is 14.8 Å².